The van der Waals surface area contributed by atoms with Crippen LogP contribution in [0, 0.1) is 0 Å². The van der Waals surface area contributed by atoms with Gasteiger partial charge in [-0.25, -0.2) is 0 Å². The summed E-state index contributed by atoms with van der Waals surface area (Å²) in [5.74, 6) is 0. The monoisotopic (exact) mass is 347 g/mol. The van der Waals surface area contributed by atoms with E-state index in [-0.39, 0.29) is 0 Å². The molecule has 0 radical (unpaired) electrons. The van der Waals surface area contributed by atoms with Gasteiger partial charge in [-0.1, -0.05) is 0 Å². The second-order valence-corrected chi connectivity index (χ2v) is 18.1. The number of hydrogen-bond acceptors (Lipinski definition) is 0. The van der Waals surface area contributed by atoms with Gasteiger partial charge in [0.2, 0.25) is 0 Å². The van der Waals surface area contributed by atoms with Crippen LogP contribution in [0.25, 0.3) is 0 Å². The first-order chi connectivity index (χ1) is 7.24. The topological polar surface area (TPSA) is 0 Å². The maximum absolute atomic E-state index is 2.58. The maximum atomic E-state index is 2.58. The van der Waals surface area contributed by atoms with Crippen molar-refractivity contribution in [3.8, 4) is 0 Å². The Morgan fingerprint density at radius 3 is 1.27 bits per heavy atom. The molecule has 0 aliphatic rings. The first kappa shape index (κ1) is 16.2. The van der Waals surface area contributed by atoms with Crippen molar-refractivity contribution in [3.05, 3.63) is 0 Å². The van der Waals surface area contributed by atoms with Gasteiger partial charge in [0.25, 0.3) is 0 Å². The molecule has 0 aromatic rings. The molecule has 0 saturated carbocycles. The van der Waals surface area contributed by atoms with Gasteiger partial charge in [-0.2, -0.15) is 0 Å². The van der Waals surface area contributed by atoms with Gasteiger partial charge < -0.3 is 0 Å². The Morgan fingerprint density at radius 2 is 1.07 bits per heavy atom. The third-order valence-corrected chi connectivity index (χ3v) is 18.6. The zero-order valence-electron chi connectivity index (χ0n) is 11.2. The molecule has 0 aromatic heterocycles. The zero-order chi connectivity index (χ0) is 11.6. The first-order valence-electron chi connectivity index (χ1n) is 6.66. The molecule has 0 heterocycles. The Hall–Kier alpha value is 1.22. The van der Waals surface area contributed by atoms with Crippen LogP contribution in [0.1, 0.15) is 59.3 Å². The van der Waals surface area contributed by atoms with Crippen LogP contribution in [0.15, 0.2) is 0 Å². The van der Waals surface area contributed by atoms with Crippen LogP contribution in [0.4, 0.5) is 0 Å². The molecule has 0 spiro atoms. The van der Waals surface area contributed by atoms with Crippen LogP contribution in [0.5, 0.6) is 0 Å². The summed E-state index contributed by atoms with van der Waals surface area (Å²) in [4.78, 5) is 2.19. The summed E-state index contributed by atoms with van der Waals surface area (Å²) < 4.78 is 0. The Labute approximate surface area is 108 Å². The summed E-state index contributed by atoms with van der Waals surface area (Å²) in [6.45, 7) is 7.06. The molecule has 0 N–H and O–H groups in total. The van der Waals surface area contributed by atoms with Gasteiger partial charge in [-0.05, 0) is 0 Å². The fraction of sp³-hybridized carbons (Fsp3) is 1.00. The fourth-order valence-corrected chi connectivity index (χ4v) is 13.9. The Kier molecular flexibility index (Phi) is 11.2. The molecule has 0 aliphatic carbocycles. The average Bonchev–Trinajstić information content (AvgIpc) is 2.29. The Bertz CT molecular complexity index is 115. The standard InChI is InChI=1S/C13H30PTe/c1-5-8-11-14(15-4,12-9-6-2)13-10-7-3/h5-13H2,1-4H3/q+1. The van der Waals surface area contributed by atoms with Gasteiger partial charge in [0.05, 0.1) is 0 Å². The molecule has 2 heteroatoms. The van der Waals surface area contributed by atoms with E-state index in [0.717, 1.165) is 0 Å². The summed E-state index contributed by atoms with van der Waals surface area (Å²) >= 11 is 0.350. The SMILES string of the molecule is CCCC[P+](CCCC)(CCCC)[Te]C. The van der Waals surface area contributed by atoms with E-state index in [1.807, 2.05) is 0 Å². The Morgan fingerprint density at radius 1 is 0.733 bits per heavy atom. The Balaban J connectivity index is 4.16. The molecule has 0 atom stereocenters. The van der Waals surface area contributed by atoms with Crippen molar-refractivity contribution in [2.75, 3.05) is 18.5 Å². The quantitative estimate of drug-likeness (QED) is 0.383. The first-order valence-corrected chi connectivity index (χ1v) is 14.4. The van der Waals surface area contributed by atoms with E-state index in [1.165, 1.54) is 38.5 Å². The van der Waals surface area contributed by atoms with E-state index in [1.54, 1.807) is 18.5 Å². The van der Waals surface area contributed by atoms with Gasteiger partial charge in [0.1, 0.15) is 0 Å². The predicted octanol–water partition coefficient (Wildman–Crippen LogP) is 5.07. The van der Waals surface area contributed by atoms with Crippen molar-refractivity contribution < 1.29 is 0 Å². The molecule has 0 amide bonds. The van der Waals surface area contributed by atoms with Crippen LogP contribution >= 0.6 is 4.95 Å². The van der Waals surface area contributed by atoms with Crippen molar-refractivity contribution in [2.45, 2.75) is 64.3 Å². The second-order valence-electron chi connectivity index (χ2n) is 4.47. The van der Waals surface area contributed by atoms with Crippen molar-refractivity contribution in [2.24, 2.45) is 0 Å². The summed E-state index contributed by atoms with van der Waals surface area (Å²) in [5, 5.41) is 0. The van der Waals surface area contributed by atoms with Gasteiger partial charge in [-0.15, -0.1) is 0 Å². The molecule has 0 bridgehead atoms. The third kappa shape index (κ3) is 7.20. The van der Waals surface area contributed by atoms with Crippen LogP contribution in [-0.2, 0) is 0 Å². The van der Waals surface area contributed by atoms with Crippen LogP contribution in [0.2, 0.25) is 4.97 Å². The molecule has 0 unspecified atom stereocenters. The summed E-state index contributed by atoms with van der Waals surface area (Å²) in [5.41, 5.74) is 0. The molecule has 0 aromatic carbocycles. The molecule has 0 rings (SSSR count). The van der Waals surface area contributed by atoms with Crippen LogP contribution < -0.4 is 0 Å². The normalized spacial score (nSPS) is 12.0. The average molecular weight is 345 g/mol. The van der Waals surface area contributed by atoms with E-state index in [9.17, 15) is 0 Å². The van der Waals surface area contributed by atoms with Crippen molar-refractivity contribution >= 4 is 25.3 Å². The summed E-state index contributed by atoms with van der Waals surface area (Å²) in [7, 11) is 0. The molecular formula is C13H30PTe+. The van der Waals surface area contributed by atoms with E-state index in [0.29, 0.717) is 20.4 Å². The van der Waals surface area contributed by atoms with Crippen molar-refractivity contribution in [3.63, 3.8) is 0 Å². The fourth-order valence-electron chi connectivity index (χ4n) is 1.95. The van der Waals surface area contributed by atoms with Gasteiger partial charge >= 0.3 is 108 Å². The predicted molar refractivity (Wildman–Crippen MR) is 77.9 cm³/mol. The van der Waals surface area contributed by atoms with Crippen LogP contribution in [0.3, 0.4) is 0 Å². The molecule has 0 saturated heterocycles. The number of hydrogen-bond donors (Lipinski definition) is 0. The van der Waals surface area contributed by atoms with E-state index in [2.05, 4.69) is 25.7 Å². The van der Waals surface area contributed by atoms with Crippen molar-refractivity contribution in [1.29, 1.82) is 0 Å². The summed E-state index contributed by atoms with van der Waals surface area (Å²) in [6.07, 6.45) is 13.7. The molecular weight excluding hydrogens is 315 g/mol. The summed E-state index contributed by atoms with van der Waals surface area (Å²) in [6, 6.07) is 0. The minimum atomic E-state index is -0.397. The number of unbranched alkanes of at least 4 members (excludes halogenated alkanes) is 3. The molecule has 0 fully saturated rings. The van der Waals surface area contributed by atoms with E-state index in [4.69, 9.17) is 0 Å². The molecule has 92 valence electrons. The van der Waals surface area contributed by atoms with Crippen LogP contribution in [-0.4, -0.2) is 38.9 Å². The minimum absolute atomic E-state index is 0.350. The van der Waals surface area contributed by atoms with E-state index < -0.39 is 4.95 Å². The third-order valence-electron chi connectivity index (χ3n) is 3.14. The second kappa shape index (κ2) is 10.4. The molecule has 15 heavy (non-hydrogen) atoms. The van der Waals surface area contributed by atoms with Gasteiger partial charge in [0.15, 0.2) is 0 Å². The zero-order valence-corrected chi connectivity index (χ0v) is 14.4. The molecule has 0 nitrogen and oxygen atoms in total. The molecule has 0 aliphatic heterocycles. The van der Waals surface area contributed by atoms with Gasteiger partial charge in [0, 0.05) is 0 Å². The van der Waals surface area contributed by atoms with E-state index >= 15 is 0 Å². The van der Waals surface area contributed by atoms with Gasteiger partial charge in [-0.3, -0.25) is 0 Å². The van der Waals surface area contributed by atoms with Crippen molar-refractivity contribution in [1.82, 2.24) is 0 Å². The number of rotatable bonds is 10.